The molecule has 1 aromatic heterocycles. The van der Waals surface area contributed by atoms with Crippen molar-refractivity contribution in [3.8, 4) is 5.75 Å². The topological polar surface area (TPSA) is 99.8 Å². The van der Waals surface area contributed by atoms with Gasteiger partial charge in [-0.1, -0.05) is 24.3 Å². The van der Waals surface area contributed by atoms with Crippen molar-refractivity contribution >= 4 is 28.7 Å². The van der Waals surface area contributed by atoms with Gasteiger partial charge in [-0.2, -0.15) is 0 Å². The maximum atomic E-state index is 12.3. The van der Waals surface area contributed by atoms with E-state index in [1.165, 1.54) is 14.0 Å². The number of carbonyl (C=O) groups is 2. The molecule has 1 unspecified atom stereocenters. The molecule has 1 atom stereocenters. The van der Waals surface area contributed by atoms with Gasteiger partial charge in [-0.15, -0.1) is 0 Å². The number of methoxy groups -OCH3 is 1. The third-order valence-corrected chi connectivity index (χ3v) is 3.90. The second kappa shape index (κ2) is 7.77. The van der Waals surface area contributed by atoms with Crippen LogP contribution >= 0.6 is 0 Å². The molecule has 0 fully saturated rings. The maximum absolute atomic E-state index is 12.3. The number of carbonyl (C=O) groups excluding carboxylic acids is 2. The first-order valence-electron chi connectivity index (χ1n) is 8.21. The number of nitrogens with zero attached hydrogens (tertiary/aromatic N) is 1. The molecule has 0 aliphatic carbocycles. The van der Waals surface area contributed by atoms with Crippen LogP contribution in [0.5, 0.6) is 5.75 Å². The zero-order chi connectivity index (χ0) is 19.4. The van der Waals surface area contributed by atoms with Crippen molar-refractivity contribution in [1.82, 2.24) is 4.57 Å². The van der Waals surface area contributed by atoms with E-state index in [0.29, 0.717) is 22.5 Å². The number of nitrogens with one attached hydrogen (secondary N) is 1. The molecule has 140 valence electrons. The van der Waals surface area contributed by atoms with E-state index in [4.69, 9.17) is 13.9 Å². The average molecular weight is 370 g/mol. The first kappa shape index (κ1) is 18.2. The minimum absolute atomic E-state index is 0.359. The lowest BCUT2D eigenvalue weighted by atomic mass is 10.2. The van der Waals surface area contributed by atoms with Gasteiger partial charge in [0.2, 0.25) is 0 Å². The highest BCUT2D eigenvalue weighted by molar-refractivity contribution is 5.96. The molecular weight excluding hydrogens is 352 g/mol. The van der Waals surface area contributed by atoms with Crippen LogP contribution in [0.4, 0.5) is 5.69 Å². The summed E-state index contributed by atoms with van der Waals surface area (Å²) < 4.78 is 16.5. The van der Waals surface area contributed by atoms with Crippen molar-refractivity contribution in [1.29, 1.82) is 0 Å². The summed E-state index contributed by atoms with van der Waals surface area (Å²) in [5, 5.41) is 2.64. The van der Waals surface area contributed by atoms with E-state index in [0.717, 1.165) is 4.57 Å². The van der Waals surface area contributed by atoms with Gasteiger partial charge in [0.15, 0.2) is 11.7 Å². The quantitative estimate of drug-likeness (QED) is 0.668. The molecule has 0 spiro atoms. The Kier molecular flexibility index (Phi) is 5.25. The fraction of sp³-hybridized carbons (Fsp3) is 0.211. The smallest absolute Gasteiger partial charge is 0.420 e. The van der Waals surface area contributed by atoms with Crippen LogP contribution in [0.1, 0.15) is 6.92 Å². The highest BCUT2D eigenvalue weighted by atomic mass is 16.5. The van der Waals surface area contributed by atoms with E-state index < -0.39 is 23.7 Å². The van der Waals surface area contributed by atoms with Crippen LogP contribution in [0.15, 0.2) is 57.7 Å². The monoisotopic (exact) mass is 370 g/mol. The summed E-state index contributed by atoms with van der Waals surface area (Å²) in [5.74, 6) is -1.43. The number of rotatable bonds is 6. The van der Waals surface area contributed by atoms with E-state index in [1.807, 2.05) is 0 Å². The molecule has 0 saturated heterocycles. The summed E-state index contributed by atoms with van der Waals surface area (Å²) >= 11 is 0. The fourth-order valence-electron chi connectivity index (χ4n) is 2.56. The second-order valence-corrected chi connectivity index (χ2v) is 5.74. The van der Waals surface area contributed by atoms with Crippen molar-refractivity contribution < 1.29 is 23.5 Å². The van der Waals surface area contributed by atoms with Crippen LogP contribution < -0.4 is 15.8 Å². The van der Waals surface area contributed by atoms with Gasteiger partial charge in [-0.25, -0.2) is 4.79 Å². The fourth-order valence-corrected chi connectivity index (χ4v) is 2.56. The van der Waals surface area contributed by atoms with Gasteiger partial charge in [0.1, 0.15) is 12.3 Å². The van der Waals surface area contributed by atoms with Crippen LogP contribution in [0.3, 0.4) is 0 Å². The molecule has 8 nitrogen and oxygen atoms in total. The second-order valence-electron chi connectivity index (χ2n) is 5.74. The van der Waals surface area contributed by atoms with Gasteiger partial charge in [0, 0.05) is 0 Å². The highest BCUT2D eigenvalue weighted by Gasteiger charge is 2.21. The van der Waals surface area contributed by atoms with Gasteiger partial charge in [0.25, 0.3) is 5.91 Å². The molecule has 1 amide bonds. The van der Waals surface area contributed by atoms with Crippen molar-refractivity contribution in [2.24, 2.45) is 0 Å². The van der Waals surface area contributed by atoms with Crippen LogP contribution in [0.25, 0.3) is 11.1 Å². The summed E-state index contributed by atoms with van der Waals surface area (Å²) in [5.41, 5.74) is 1.31. The number of hydrogen-bond acceptors (Lipinski definition) is 6. The van der Waals surface area contributed by atoms with E-state index >= 15 is 0 Å². The number of aromatic nitrogens is 1. The summed E-state index contributed by atoms with van der Waals surface area (Å²) in [6.07, 6.45) is -1.06. The van der Waals surface area contributed by atoms with Crippen LogP contribution in [-0.4, -0.2) is 29.7 Å². The number of benzene rings is 2. The Hall–Kier alpha value is -3.55. The maximum Gasteiger partial charge on any atom is 0.420 e. The van der Waals surface area contributed by atoms with Crippen molar-refractivity contribution in [3.63, 3.8) is 0 Å². The first-order valence-corrected chi connectivity index (χ1v) is 8.21. The normalized spacial score (nSPS) is 11.8. The minimum atomic E-state index is -1.06. The number of anilines is 1. The predicted octanol–water partition coefficient (Wildman–Crippen LogP) is 2.17. The van der Waals surface area contributed by atoms with E-state index in [2.05, 4.69) is 5.32 Å². The predicted molar refractivity (Wildman–Crippen MR) is 97.7 cm³/mol. The molecule has 1 heterocycles. The van der Waals surface area contributed by atoms with Gasteiger partial charge in [-0.05, 0) is 31.2 Å². The largest absolute Gasteiger partial charge is 0.495 e. The number of esters is 1. The summed E-state index contributed by atoms with van der Waals surface area (Å²) in [6.45, 7) is 1.08. The zero-order valence-electron chi connectivity index (χ0n) is 14.8. The molecule has 0 bridgehead atoms. The lowest BCUT2D eigenvalue weighted by Gasteiger charge is -2.15. The molecule has 8 heteroatoms. The molecule has 2 aromatic carbocycles. The van der Waals surface area contributed by atoms with Crippen molar-refractivity contribution in [2.45, 2.75) is 19.6 Å². The molecule has 0 saturated carbocycles. The van der Waals surface area contributed by atoms with Gasteiger partial charge in [-0.3, -0.25) is 14.2 Å². The van der Waals surface area contributed by atoms with Gasteiger partial charge >= 0.3 is 11.7 Å². The third-order valence-electron chi connectivity index (χ3n) is 3.90. The Morgan fingerprint density at radius 2 is 1.85 bits per heavy atom. The van der Waals surface area contributed by atoms with Crippen molar-refractivity contribution in [2.75, 3.05) is 12.4 Å². The number of hydrogen-bond donors (Lipinski definition) is 1. The lowest BCUT2D eigenvalue weighted by molar-refractivity contribution is -0.153. The first-order chi connectivity index (χ1) is 13.0. The number of amides is 1. The average Bonchev–Trinajstić information content (AvgIpc) is 2.97. The Labute approximate surface area is 154 Å². The van der Waals surface area contributed by atoms with Crippen LogP contribution in [-0.2, 0) is 20.9 Å². The highest BCUT2D eigenvalue weighted by Crippen LogP contribution is 2.23. The number of para-hydroxylation sites is 4. The third kappa shape index (κ3) is 4.00. The molecule has 0 aliphatic rings. The molecule has 0 radical (unpaired) electrons. The SMILES string of the molecule is COc1ccccc1NC(=O)C(C)OC(=O)Cn1c(=O)oc2ccccc21. The molecule has 1 N–H and O–H groups in total. The molecule has 3 rings (SSSR count). The van der Waals surface area contributed by atoms with Crippen LogP contribution in [0, 0.1) is 0 Å². The minimum Gasteiger partial charge on any atom is -0.495 e. The molecule has 0 aliphatic heterocycles. The molecule has 27 heavy (non-hydrogen) atoms. The van der Waals surface area contributed by atoms with E-state index in [1.54, 1.807) is 48.5 Å². The number of ether oxygens (including phenoxy) is 2. The molecule has 3 aromatic rings. The van der Waals surface area contributed by atoms with Crippen LogP contribution in [0.2, 0.25) is 0 Å². The van der Waals surface area contributed by atoms with Gasteiger partial charge < -0.3 is 19.2 Å². The Bertz CT molecular complexity index is 1040. The van der Waals surface area contributed by atoms with E-state index in [9.17, 15) is 14.4 Å². The van der Waals surface area contributed by atoms with Gasteiger partial charge in [0.05, 0.1) is 18.3 Å². The lowest BCUT2D eigenvalue weighted by Crippen LogP contribution is -2.32. The standard InChI is InChI=1S/C19H18N2O6/c1-12(18(23)20-13-7-3-5-9-15(13)25-2)26-17(22)11-21-14-8-4-6-10-16(14)27-19(21)24/h3-10,12H,11H2,1-2H3,(H,20,23). The number of oxazole rings is 1. The summed E-state index contributed by atoms with van der Waals surface area (Å²) in [4.78, 5) is 36.3. The zero-order valence-corrected chi connectivity index (χ0v) is 14.8. The summed E-state index contributed by atoms with van der Waals surface area (Å²) in [6, 6.07) is 13.6. The van der Waals surface area contributed by atoms with E-state index in [-0.39, 0.29) is 6.54 Å². The number of fused-ring (bicyclic) bond motifs is 1. The Morgan fingerprint density at radius 1 is 1.15 bits per heavy atom. The molecular formula is C19H18N2O6. The summed E-state index contributed by atoms with van der Waals surface area (Å²) in [7, 11) is 1.49. The van der Waals surface area contributed by atoms with Crippen molar-refractivity contribution in [3.05, 3.63) is 59.1 Å². The Morgan fingerprint density at radius 3 is 2.63 bits per heavy atom. The Balaban J connectivity index is 1.65.